The van der Waals surface area contributed by atoms with Crippen molar-refractivity contribution in [2.75, 3.05) is 6.54 Å². The fourth-order valence-corrected chi connectivity index (χ4v) is 2.61. The summed E-state index contributed by atoms with van der Waals surface area (Å²) < 4.78 is 0. The highest BCUT2D eigenvalue weighted by molar-refractivity contribution is 6.31. The fourth-order valence-electron chi connectivity index (χ4n) is 2.43. The summed E-state index contributed by atoms with van der Waals surface area (Å²) in [5.74, 6) is 0. The van der Waals surface area contributed by atoms with Crippen LogP contribution in [0.4, 0.5) is 0 Å². The number of nitrogens with zero attached hydrogens (tertiary/aromatic N) is 1. The van der Waals surface area contributed by atoms with E-state index in [9.17, 15) is 0 Å². The Morgan fingerprint density at radius 3 is 2.78 bits per heavy atom. The van der Waals surface area contributed by atoms with Crippen LogP contribution in [-0.2, 0) is 6.42 Å². The van der Waals surface area contributed by atoms with Gasteiger partial charge in [-0.05, 0) is 49.8 Å². The van der Waals surface area contributed by atoms with Gasteiger partial charge in [0.05, 0.1) is 5.02 Å². The number of pyridine rings is 1. The molecule has 0 fully saturated rings. The molecule has 1 aromatic heterocycles. The number of hydrogen-bond acceptors (Lipinski definition) is 2. The van der Waals surface area contributed by atoms with Crippen molar-refractivity contribution in [3.63, 3.8) is 0 Å². The van der Waals surface area contributed by atoms with Crippen LogP contribution in [0.25, 0.3) is 0 Å². The zero-order valence-corrected chi connectivity index (χ0v) is 12.7. The predicted octanol–water partition coefficient (Wildman–Crippen LogP) is 4.08. The van der Waals surface area contributed by atoms with Gasteiger partial charge in [0.2, 0.25) is 0 Å². The molecule has 0 saturated heterocycles. The number of aromatic nitrogens is 1. The van der Waals surface area contributed by atoms with Gasteiger partial charge >= 0.3 is 0 Å². The number of nitrogens with one attached hydrogen (secondary N) is 1. The van der Waals surface area contributed by atoms with Gasteiger partial charge in [0.1, 0.15) is 0 Å². The number of hydrogen-bond donors (Lipinski definition) is 1. The predicted molar refractivity (Wildman–Crippen MR) is 79.1 cm³/mol. The lowest BCUT2D eigenvalue weighted by Gasteiger charge is -2.29. The van der Waals surface area contributed by atoms with Crippen molar-refractivity contribution in [2.45, 2.75) is 53.0 Å². The first kappa shape index (κ1) is 15.5. The molecule has 102 valence electrons. The van der Waals surface area contributed by atoms with Crippen LogP contribution in [0.15, 0.2) is 18.5 Å². The van der Waals surface area contributed by atoms with E-state index < -0.39 is 0 Å². The Balaban J connectivity index is 2.56. The van der Waals surface area contributed by atoms with Gasteiger partial charge in [-0.15, -0.1) is 0 Å². The Kier molecular flexibility index (Phi) is 6.10. The molecule has 1 aromatic rings. The summed E-state index contributed by atoms with van der Waals surface area (Å²) in [5.41, 5.74) is 1.44. The first-order valence-corrected chi connectivity index (χ1v) is 7.14. The Morgan fingerprint density at radius 2 is 2.17 bits per heavy atom. The van der Waals surface area contributed by atoms with Crippen LogP contribution in [0.5, 0.6) is 0 Å². The smallest absolute Gasteiger partial charge is 0.0621 e. The Bertz CT molecular complexity index is 363. The van der Waals surface area contributed by atoms with Crippen molar-refractivity contribution in [1.82, 2.24) is 10.3 Å². The standard InChI is InChI=1S/C15H25ClN2/c1-5-7-18-12(2)9-15(3,4)10-13-6-8-17-11-14(13)16/h6,8,11-12,18H,5,7,9-10H2,1-4H3. The summed E-state index contributed by atoms with van der Waals surface area (Å²) in [4.78, 5) is 4.03. The Hall–Kier alpha value is -0.600. The van der Waals surface area contributed by atoms with Gasteiger partial charge in [-0.3, -0.25) is 4.98 Å². The van der Waals surface area contributed by atoms with E-state index in [1.807, 2.05) is 12.3 Å². The van der Waals surface area contributed by atoms with Gasteiger partial charge in [0.25, 0.3) is 0 Å². The largest absolute Gasteiger partial charge is 0.314 e. The van der Waals surface area contributed by atoms with Gasteiger partial charge < -0.3 is 5.32 Å². The minimum atomic E-state index is 0.241. The van der Waals surface area contributed by atoms with Crippen LogP contribution in [0.3, 0.4) is 0 Å². The molecule has 0 spiro atoms. The van der Waals surface area contributed by atoms with Gasteiger partial charge in [0.15, 0.2) is 0 Å². The van der Waals surface area contributed by atoms with Gasteiger partial charge in [-0.25, -0.2) is 0 Å². The average Bonchev–Trinajstić information content (AvgIpc) is 2.28. The van der Waals surface area contributed by atoms with Crippen molar-refractivity contribution < 1.29 is 0 Å². The highest BCUT2D eigenvalue weighted by Crippen LogP contribution is 2.30. The van der Waals surface area contributed by atoms with E-state index in [2.05, 4.69) is 38.0 Å². The third kappa shape index (κ3) is 5.36. The van der Waals surface area contributed by atoms with Crippen molar-refractivity contribution in [3.8, 4) is 0 Å². The molecule has 1 heterocycles. The second-order valence-corrected chi connectivity index (χ2v) is 6.27. The molecule has 1 atom stereocenters. The van der Waals surface area contributed by atoms with Crippen molar-refractivity contribution in [1.29, 1.82) is 0 Å². The molecule has 0 aliphatic rings. The maximum absolute atomic E-state index is 6.17. The zero-order valence-electron chi connectivity index (χ0n) is 12.0. The maximum Gasteiger partial charge on any atom is 0.0621 e. The van der Waals surface area contributed by atoms with Gasteiger partial charge in [-0.1, -0.05) is 32.4 Å². The van der Waals surface area contributed by atoms with Crippen LogP contribution in [0, 0.1) is 5.41 Å². The lowest BCUT2D eigenvalue weighted by molar-refractivity contribution is 0.287. The molecule has 1 unspecified atom stereocenters. The SMILES string of the molecule is CCCNC(C)CC(C)(C)Cc1ccncc1Cl. The highest BCUT2D eigenvalue weighted by atomic mass is 35.5. The highest BCUT2D eigenvalue weighted by Gasteiger charge is 2.22. The lowest BCUT2D eigenvalue weighted by Crippen LogP contribution is -2.32. The molecule has 0 bridgehead atoms. The van der Waals surface area contributed by atoms with Gasteiger partial charge in [0, 0.05) is 18.4 Å². The molecule has 0 aliphatic carbocycles. The van der Waals surface area contributed by atoms with Crippen LogP contribution < -0.4 is 5.32 Å². The van der Waals surface area contributed by atoms with Crippen LogP contribution >= 0.6 is 11.6 Å². The quantitative estimate of drug-likeness (QED) is 0.806. The second kappa shape index (κ2) is 7.10. The maximum atomic E-state index is 6.17. The molecule has 18 heavy (non-hydrogen) atoms. The van der Waals surface area contributed by atoms with Crippen LogP contribution in [-0.4, -0.2) is 17.6 Å². The van der Waals surface area contributed by atoms with E-state index in [1.165, 1.54) is 12.0 Å². The van der Waals surface area contributed by atoms with Crippen molar-refractivity contribution in [2.24, 2.45) is 5.41 Å². The van der Waals surface area contributed by atoms with E-state index in [0.29, 0.717) is 6.04 Å². The minimum Gasteiger partial charge on any atom is -0.314 e. The fraction of sp³-hybridized carbons (Fsp3) is 0.667. The Labute approximate surface area is 116 Å². The summed E-state index contributed by atoms with van der Waals surface area (Å²) in [6.45, 7) is 10.1. The molecular weight excluding hydrogens is 244 g/mol. The zero-order chi connectivity index (χ0) is 13.6. The molecule has 0 aliphatic heterocycles. The molecule has 0 saturated carbocycles. The molecular formula is C15H25ClN2. The Morgan fingerprint density at radius 1 is 1.44 bits per heavy atom. The van der Waals surface area contributed by atoms with Crippen molar-refractivity contribution in [3.05, 3.63) is 29.0 Å². The summed E-state index contributed by atoms with van der Waals surface area (Å²) in [5, 5.41) is 4.32. The normalized spacial score (nSPS) is 13.6. The van der Waals surface area contributed by atoms with Crippen molar-refractivity contribution >= 4 is 11.6 Å². The minimum absolute atomic E-state index is 0.241. The molecule has 1 rings (SSSR count). The third-order valence-electron chi connectivity index (χ3n) is 3.13. The number of rotatable bonds is 7. The first-order chi connectivity index (χ1) is 8.44. The van der Waals surface area contributed by atoms with Crippen LogP contribution in [0.2, 0.25) is 5.02 Å². The first-order valence-electron chi connectivity index (χ1n) is 6.76. The molecule has 1 N–H and O–H groups in total. The summed E-state index contributed by atoms with van der Waals surface area (Å²) in [6.07, 6.45) is 6.86. The van der Waals surface area contributed by atoms with E-state index in [4.69, 9.17) is 11.6 Å². The molecule has 0 aromatic carbocycles. The monoisotopic (exact) mass is 268 g/mol. The van der Waals surface area contributed by atoms with E-state index >= 15 is 0 Å². The molecule has 3 heteroatoms. The summed E-state index contributed by atoms with van der Waals surface area (Å²) >= 11 is 6.17. The lowest BCUT2D eigenvalue weighted by atomic mass is 9.80. The summed E-state index contributed by atoms with van der Waals surface area (Å²) in [6, 6.07) is 2.56. The van der Waals surface area contributed by atoms with E-state index in [-0.39, 0.29) is 5.41 Å². The third-order valence-corrected chi connectivity index (χ3v) is 3.47. The van der Waals surface area contributed by atoms with Gasteiger partial charge in [-0.2, -0.15) is 0 Å². The summed E-state index contributed by atoms with van der Waals surface area (Å²) in [7, 11) is 0. The number of halogens is 1. The topological polar surface area (TPSA) is 24.9 Å². The van der Waals surface area contributed by atoms with Crippen LogP contribution in [0.1, 0.15) is 46.1 Å². The van der Waals surface area contributed by atoms with E-state index in [1.54, 1.807) is 6.20 Å². The molecule has 0 amide bonds. The molecule has 2 nitrogen and oxygen atoms in total. The average molecular weight is 269 g/mol. The van der Waals surface area contributed by atoms with E-state index in [0.717, 1.165) is 24.4 Å². The molecule has 0 radical (unpaired) electrons. The second-order valence-electron chi connectivity index (χ2n) is 5.87.